The Kier molecular flexibility index (Phi) is 5.92. The first-order chi connectivity index (χ1) is 14.6. The molecule has 30 heavy (non-hydrogen) atoms. The molecule has 1 N–H and O–H groups in total. The Morgan fingerprint density at radius 2 is 2.13 bits per heavy atom. The average Bonchev–Trinajstić information content (AvgIpc) is 3.20. The molecule has 0 unspecified atom stereocenters. The summed E-state index contributed by atoms with van der Waals surface area (Å²) < 4.78 is 7.00. The molecule has 1 aliphatic rings. The maximum absolute atomic E-state index is 12.7. The molecule has 8 nitrogen and oxygen atoms in total. The molecular formula is C22H25N5O3. The molecule has 1 aliphatic heterocycles. The lowest BCUT2D eigenvalue weighted by Gasteiger charge is -2.32. The summed E-state index contributed by atoms with van der Waals surface area (Å²) in [6.07, 6.45) is 7.14. The lowest BCUT2D eigenvalue weighted by atomic mass is 9.96. The summed E-state index contributed by atoms with van der Waals surface area (Å²) >= 11 is 0. The van der Waals surface area contributed by atoms with Gasteiger partial charge in [-0.1, -0.05) is 12.1 Å². The minimum absolute atomic E-state index is 0.0398. The number of hydrogen-bond donors (Lipinski definition) is 1. The summed E-state index contributed by atoms with van der Waals surface area (Å²) in [6.45, 7) is 1.40. The highest BCUT2D eigenvalue weighted by atomic mass is 16.5. The lowest BCUT2D eigenvalue weighted by molar-refractivity contribution is -0.138. The van der Waals surface area contributed by atoms with Crippen LogP contribution < -0.4 is 10.1 Å². The Bertz CT molecular complexity index is 998. The minimum atomic E-state index is -0.200. The number of fused-ring (bicyclic) bond motifs is 1. The van der Waals surface area contributed by atoms with Crippen molar-refractivity contribution in [1.29, 1.82) is 0 Å². The van der Waals surface area contributed by atoms with E-state index in [1.165, 1.54) is 0 Å². The molecule has 2 aromatic heterocycles. The summed E-state index contributed by atoms with van der Waals surface area (Å²) in [5, 5.41) is 2.96. The largest absolute Gasteiger partial charge is 0.497 e. The van der Waals surface area contributed by atoms with Crippen molar-refractivity contribution in [2.45, 2.75) is 25.8 Å². The van der Waals surface area contributed by atoms with Crippen LogP contribution in [0.2, 0.25) is 0 Å². The fourth-order valence-corrected chi connectivity index (χ4v) is 3.69. The van der Waals surface area contributed by atoms with Gasteiger partial charge in [0.05, 0.1) is 25.3 Å². The zero-order valence-electron chi connectivity index (χ0n) is 17.0. The zero-order chi connectivity index (χ0) is 20.9. The second kappa shape index (κ2) is 8.94. The quantitative estimate of drug-likeness (QED) is 0.646. The number of aromatic nitrogens is 3. The van der Waals surface area contributed by atoms with Gasteiger partial charge in [0, 0.05) is 38.1 Å². The van der Waals surface area contributed by atoms with E-state index in [0.717, 1.165) is 23.4 Å². The third-order valence-corrected chi connectivity index (χ3v) is 5.43. The topological polar surface area (TPSA) is 88.8 Å². The van der Waals surface area contributed by atoms with E-state index in [-0.39, 0.29) is 17.7 Å². The predicted octanol–water partition coefficient (Wildman–Crippen LogP) is 1.84. The van der Waals surface area contributed by atoms with Crippen LogP contribution in [-0.4, -0.2) is 51.3 Å². The molecule has 3 heterocycles. The van der Waals surface area contributed by atoms with Crippen LogP contribution in [0.5, 0.6) is 5.75 Å². The molecule has 3 aromatic rings. The van der Waals surface area contributed by atoms with E-state index in [9.17, 15) is 9.59 Å². The van der Waals surface area contributed by atoms with E-state index in [1.54, 1.807) is 18.2 Å². The number of methoxy groups -OCH3 is 1. The summed E-state index contributed by atoms with van der Waals surface area (Å²) in [7, 11) is 1.64. The normalized spacial score (nSPS) is 16.6. The molecule has 0 radical (unpaired) electrons. The van der Waals surface area contributed by atoms with Gasteiger partial charge in [-0.2, -0.15) is 0 Å². The van der Waals surface area contributed by atoms with Crippen LogP contribution in [0.25, 0.3) is 5.78 Å². The van der Waals surface area contributed by atoms with Gasteiger partial charge < -0.3 is 15.0 Å². The molecule has 2 amide bonds. The van der Waals surface area contributed by atoms with E-state index in [1.807, 2.05) is 47.1 Å². The second-order valence-electron chi connectivity index (χ2n) is 7.45. The molecular weight excluding hydrogens is 382 g/mol. The van der Waals surface area contributed by atoms with Crippen molar-refractivity contribution in [2.75, 3.05) is 20.2 Å². The van der Waals surface area contributed by atoms with Crippen molar-refractivity contribution in [3.8, 4) is 5.75 Å². The number of carbonyl (C=O) groups is 2. The molecule has 0 aliphatic carbocycles. The summed E-state index contributed by atoms with van der Waals surface area (Å²) in [5.74, 6) is 1.29. The van der Waals surface area contributed by atoms with Crippen LogP contribution in [0.15, 0.2) is 48.9 Å². The van der Waals surface area contributed by atoms with Gasteiger partial charge in [-0.3, -0.25) is 14.0 Å². The van der Waals surface area contributed by atoms with Crippen molar-refractivity contribution in [3.63, 3.8) is 0 Å². The average molecular weight is 407 g/mol. The fourth-order valence-electron chi connectivity index (χ4n) is 3.69. The Balaban J connectivity index is 1.30. The van der Waals surface area contributed by atoms with Crippen molar-refractivity contribution in [1.82, 2.24) is 24.6 Å². The van der Waals surface area contributed by atoms with Gasteiger partial charge in [0.2, 0.25) is 17.6 Å². The maximum Gasteiger partial charge on any atom is 0.233 e. The van der Waals surface area contributed by atoms with Gasteiger partial charge in [-0.25, -0.2) is 9.97 Å². The Morgan fingerprint density at radius 3 is 2.90 bits per heavy atom. The van der Waals surface area contributed by atoms with E-state index in [2.05, 4.69) is 15.3 Å². The van der Waals surface area contributed by atoms with E-state index >= 15 is 0 Å². The standard InChI is InChI=1S/C22H25N5O3/c1-30-19-6-3-16(4-7-19)9-12-26-14-17(5-8-20(26)28)21(29)24-13-18-15-27-11-2-10-23-22(27)25-18/h2-4,6-7,10-11,15,17H,5,8-9,12-14H2,1H3,(H,24,29)/t17-/m0/s1. The van der Waals surface area contributed by atoms with Crippen LogP contribution >= 0.6 is 0 Å². The number of carbonyl (C=O) groups excluding carboxylic acids is 2. The minimum Gasteiger partial charge on any atom is -0.497 e. The molecule has 4 rings (SSSR count). The van der Waals surface area contributed by atoms with E-state index < -0.39 is 0 Å². The number of nitrogens with one attached hydrogen (secondary N) is 1. The maximum atomic E-state index is 12.7. The Morgan fingerprint density at radius 1 is 1.30 bits per heavy atom. The van der Waals surface area contributed by atoms with Crippen molar-refractivity contribution in [2.24, 2.45) is 5.92 Å². The number of imidazole rings is 1. The van der Waals surface area contributed by atoms with Crippen LogP contribution in [0.4, 0.5) is 0 Å². The number of likely N-dealkylation sites (tertiary alicyclic amines) is 1. The van der Waals surface area contributed by atoms with Gasteiger partial charge >= 0.3 is 0 Å². The van der Waals surface area contributed by atoms with Gasteiger partial charge in [-0.05, 0) is 36.6 Å². The summed E-state index contributed by atoms with van der Waals surface area (Å²) in [6, 6.07) is 9.66. The number of rotatable bonds is 7. The second-order valence-corrected chi connectivity index (χ2v) is 7.45. The van der Waals surface area contributed by atoms with Gasteiger partial charge in [-0.15, -0.1) is 0 Å². The monoisotopic (exact) mass is 407 g/mol. The zero-order valence-corrected chi connectivity index (χ0v) is 17.0. The molecule has 0 spiro atoms. The van der Waals surface area contributed by atoms with Crippen LogP contribution in [0.3, 0.4) is 0 Å². The highest BCUT2D eigenvalue weighted by Crippen LogP contribution is 2.19. The molecule has 0 saturated carbocycles. The van der Waals surface area contributed by atoms with Gasteiger partial charge in [0.15, 0.2) is 0 Å². The Labute approximate surface area is 174 Å². The number of ether oxygens (including phenoxy) is 1. The van der Waals surface area contributed by atoms with Crippen LogP contribution in [-0.2, 0) is 22.6 Å². The molecule has 1 atom stereocenters. The third kappa shape index (κ3) is 4.59. The van der Waals surface area contributed by atoms with E-state index in [0.29, 0.717) is 38.3 Å². The van der Waals surface area contributed by atoms with Crippen molar-refractivity contribution < 1.29 is 14.3 Å². The summed E-state index contributed by atoms with van der Waals surface area (Å²) in [5.41, 5.74) is 1.89. The first-order valence-corrected chi connectivity index (χ1v) is 10.1. The lowest BCUT2D eigenvalue weighted by Crippen LogP contribution is -2.46. The molecule has 1 fully saturated rings. The number of benzene rings is 1. The van der Waals surface area contributed by atoms with Gasteiger partial charge in [0.25, 0.3) is 0 Å². The SMILES string of the molecule is COc1ccc(CCN2C[C@@H](C(=O)NCc3cn4cccnc4n3)CCC2=O)cc1. The number of piperidine rings is 1. The fraction of sp³-hybridized carbons (Fsp3) is 0.364. The first kappa shape index (κ1) is 19.9. The molecule has 0 bridgehead atoms. The molecule has 156 valence electrons. The predicted molar refractivity (Wildman–Crippen MR) is 111 cm³/mol. The number of nitrogens with zero attached hydrogens (tertiary/aromatic N) is 4. The van der Waals surface area contributed by atoms with Crippen LogP contribution in [0.1, 0.15) is 24.1 Å². The van der Waals surface area contributed by atoms with Crippen molar-refractivity contribution >= 4 is 17.6 Å². The molecule has 1 saturated heterocycles. The van der Waals surface area contributed by atoms with Crippen LogP contribution in [0, 0.1) is 5.92 Å². The number of amides is 2. The third-order valence-electron chi connectivity index (χ3n) is 5.43. The van der Waals surface area contributed by atoms with Crippen molar-refractivity contribution in [3.05, 3.63) is 60.2 Å². The molecule has 8 heteroatoms. The highest BCUT2D eigenvalue weighted by molar-refractivity contribution is 5.83. The first-order valence-electron chi connectivity index (χ1n) is 10.1. The molecule has 1 aromatic carbocycles. The van der Waals surface area contributed by atoms with E-state index in [4.69, 9.17) is 4.74 Å². The smallest absolute Gasteiger partial charge is 0.233 e. The Hall–Kier alpha value is -3.42. The number of hydrogen-bond acceptors (Lipinski definition) is 5. The summed E-state index contributed by atoms with van der Waals surface area (Å²) in [4.78, 5) is 35.4. The van der Waals surface area contributed by atoms with Gasteiger partial charge in [0.1, 0.15) is 5.75 Å². The highest BCUT2D eigenvalue weighted by Gasteiger charge is 2.29.